The summed E-state index contributed by atoms with van der Waals surface area (Å²) in [5.74, 6) is -0.750. The van der Waals surface area contributed by atoms with Gasteiger partial charge in [-0.25, -0.2) is 9.59 Å². The molecule has 0 spiro atoms. The molecular weight excluding hydrogens is 324 g/mol. The zero-order valence-electron chi connectivity index (χ0n) is 12.7. The first kappa shape index (κ1) is 20.8. The highest BCUT2D eigenvalue weighted by Gasteiger charge is 2.26. The molecule has 22 heavy (non-hydrogen) atoms. The molecule has 8 heteroatoms. The van der Waals surface area contributed by atoms with Crippen LogP contribution < -0.4 is 11.1 Å². The Balaban J connectivity index is 4.48. The van der Waals surface area contributed by atoms with Gasteiger partial charge in [0, 0.05) is 24.2 Å². The van der Waals surface area contributed by atoms with Crippen molar-refractivity contribution >= 4 is 41.4 Å². The van der Waals surface area contributed by atoms with E-state index >= 15 is 0 Å². The highest BCUT2D eigenvalue weighted by Crippen LogP contribution is 2.07. The maximum absolute atomic E-state index is 11.9. The van der Waals surface area contributed by atoms with Crippen molar-refractivity contribution in [2.75, 3.05) is 17.3 Å². The fourth-order valence-electron chi connectivity index (χ4n) is 1.25. The minimum atomic E-state index is -0.899. The quantitative estimate of drug-likeness (QED) is 0.264. The Morgan fingerprint density at radius 1 is 1.32 bits per heavy atom. The number of hydrogen-bond acceptors (Lipinski definition) is 7. The van der Waals surface area contributed by atoms with Gasteiger partial charge in [0.15, 0.2) is 0 Å². The first-order valence-electron chi connectivity index (χ1n) is 6.62. The van der Waals surface area contributed by atoms with Crippen molar-refractivity contribution in [2.45, 2.75) is 25.9 Å². The van der Waals surface area contributed by atoms with Gasteiger partial charge in [-0.15, -0.1) is 18.3 Å². The number of ether oxygens (including phenoxy) is 1. The Morgan fingerprint density at radius 3 is 2.55 bits per heavy atom. The number of amides is 1. The zero-order chi connectivity index (χ0) is 17.0. The summed E-state index contributed by atoms with van der Waals surface area (Å²) < 4.78 is 4.74. The van der Waals surface area contributed by atoms with Crippen molar-refractivity contribution in [3.63, 3.8) is 0 Å². The van der Waals surface area contributed by atoms with Gasteiger partial charge in [0.25, 0.3) is 0 Å². The summed E-state index contributed by atoms with van der Waals surface area (Å²) in [6.07, 6.45) is 3.50. The minimum absolute atomic E-state index is 0.292. The average Bonchev–Trinajstić information content (AvgIpc) is 2.46. The molecule has 0 bridgehead atoms. The SMILES string of the molecule is C=CCSC[C@H](NC(C)=O)C(=O)OC(=O)[C@@H](N)CSC=CC. The second kappa shape index (κ2) is 12.3. The van der Waals surface area contributed by atoms with Crippen LogP contribution >= 0.6 is 23.5 Å². The Bertz CT molecular complexity index is 427. The summed E-state index contributed by atoms with van der Waals surface area (Å²) in [5.41, 5.74) is 5.64. The Labute approximate surface area is 139 Å². The molecule has 0 aliphatic heterocycles. The van der Waals surface area contributed by atoms with Crippen molar-refractivity contribution in [1.29, 1.82) is 0 Å². The topological polar surface area (TPSA) is 98.5 Å². The minimum Gasteiger partial charge on any atom is -0.390 e. The van der Waals surface area contributed by atoms with E-state index in [0.717, 1.165) is 0 Å². The molecule has 0 heterocycles. The van der Waals surface area contributed by atoms with Crippen LogP contribution in [0.3, 0.4) is 0 Å². The van der Waals surface area contributed by atoms with E-state index in [1.165, 1.54) is 30.4 Å². The fraction of sp³-hybridized carbons (Fsp3) is 0.500. The van der Waals surface area contributed by atoms with Crippen molar-refractivity contribution in [1.82, 2.24) is 5.32 Å². The van der Waals surface area contributed by atoms with E-state index in [9.17, 15) is 14.4 Å². The van der Waals surface area contributed by atoms with Gasteiger partial charge in [0.1, 0.15) is 12.1 Å². The van der Waals surface area contributed by atoms with Crippen LogP contribution in [0.1, 0.15) is 13.8 Å². The maximum atomic E-state index is 11.9. The Hall–Kier alpha value is -1.25. The van der Waals surface area contributed by atoms with Gasteiger partial charge in [0.2, 0.25) is 5.91 Å². The molecule has 3 N–H and O–H groups in total. The highest BCUT2D eigenvalue weighted by molar-refractivity contribution is 8.02. The molecule has 0 radical (unpaired) electrons. The molecule has 0 unspecified atom stereocenters. The van der Waals surface area contributed by atoms with Gasteiger partial charge in [-0.05, 0) is 12.3 Å². The van der Waals surface area contributed by atoms with Crippen molar-refractivity contribution < 1.29 is 19.1 Å². The largest absolute Gasteiger partial charge is 0.390 e. The third-order valence-electron chi connectivity index (χ3n) is 2.19. The molecule has 124 valence electrons. The summed E-state index contributed by atoms with van der Waals surface area (Å²) in [6.45, 7) is 6.71. The van der Waals surface area contributed by atoms with Gasteiger partial charge >= 0.3 is 11.9 Å². The van der Waals surface area contributed by atoms with Gasteiger partial charge in [-0.3, -0.25) is 4.79 Å². The van der Waals surface area contributed by atoms with Crippen LogP contribution in [0, 0.1) is 0 Å². The molecule has 0 aliphatic carbocycles. The molecule has 0 aliphatic rings. The van der Waals surface area contributed by atoms with E-state index in [4.69, 9.17) is 10.5 Å². The van der Waals surface area contributed by atoms with Crippen LogP contribution in [-0.4, -0.2) is 47.2 Å². The molecule has 2 atom stereocenters. The number of nitrogens with one attached hydrogen (secondary N) is 1. The molecule has 6 nitrogen and oxygen atoms in total. The first-order chi connectivity index (χ1) is 10.4. The first-order valence-corrected chi connectivity index (χ1v) is 8.82. The van der Waals surface area contributed by atoms with Gasteiger partial charge < -0.3 is 15.8 Å². The monoisotopic (exact) mass is 346 g/mol. The maximum Gasteiger partial charge on any atom is 0.337 e. The summed E-state index contributed by atoms with van der Waals surface area (Å²) in [6, 6.07) is -1.79. The number of allylic oxidation sites excluding steroid dienone is 1. The third-order valence-corrected chi connectivity index (χ3v) is 4.25. The lowest BCUT2D eigenvalue weighted by Crippen LogP contribution is -2.45. The number of hydrogen-bond donors (Lipinski definition) is 2. The van der Waals surface area contributed by atoms with Crippen LogP contribution in [0.15, 0.2) is 24.1 Å². The van der Waals surface area contributed by atoms with Crippen molar-refractivity contribution in [2.24, 2.45) is 5.73 Å². The van der Waals surface area contributed by atoms with E-state index in [1.807, 2.05) is 13.0 Å². The van der Waals surface area contributed by atoms with Crippen LogP contribution in [0.25, 0.3) is 0 Å². The number of esters is 2. The summed E-state index contributed by atoms with van der Waals surface area (Å²) in [5, 5.41) is 4.25. The number of carbonyl (C=O) groups excluding carboxylic acids is 3. The van der Waals surface area contributed by atoms with Crippen molar-refractivity contribution in [3.8, 4) is 0 Å². The van der Waals surface area contributed by atoms with Crippen LogP contribution in [0.2, 0.25) is 0 Å². The lowest BCUT2D eigenvalue weighted by atomic mass is 10.3. The predicted octanol–water partition coefficient (Wildman–Crippen LogP) is 1.07. The highest BCUT2D eigenvalue weighted by atomic mass is 32.2. The van der Waals surface area contributed by atoms with Crippen LogP contribution in [0.4, 0.5) is 0 Å². The summed E-state index contributed by atoms with van der Waals surface area (Å²) in [4.78, 5) is 34.8. The molecule has 0 saturated carbocycles. The lowest BCUT2D eigenvalue weighted by Gasteiger charge is -2.16. The molecule has 0 aromatic rings. The fourth-order valence-corrected chi connectivity index (χ4v) is 2.66. The second-order valence-corrected chi connectivity index (χ2v) is 6.24. The average molecular weight is 346 g/mol. The molecule has 0 saturated heterocycles. The zero-order valence-corrected chi connectivity index (χ0v) is 14.4. The number of thioether (sulfide) groups is 2. The number of carbonyl (C=O) groups is 3. The second-order valence-electron chi connectivity index (χ2n) is 4.23. The lowest BCUT2D eigenvalue weighted by molar-refractivity contribution is -0.162. The molecule has 0 aromatic heterocycles. The number of rotatable bonds is 10. The molecule has 1 amide bonds. The molecule has 0 rings (SSSR count). The summed E-state index contributed by atoms with van der Waals surface area (Å²) >= 11 is 2.74. The van der Waals surface area contributed by atoms with E-state index in [2.05, 4.69) is 11.9 Å². The molecular formula is C14H22N2O4S2. The van der Waals surface area contributed by atoms with Crippen LogP contribution in [0.5, 0.6) is 0 Å². The molecule has 0 aromatic carbocycles. The Kier molecular flexibility index (Phi) is 11.6. The van der Waals surface area contributed by atoms with Gasteiger partial charge in [0.05, 0.1) is 0 Å². The normalized spacial score (nSPS) is 13.4. The Morgan fingerprint density at radius 2 is 2.00 bits per heavy atom. The van der Waals surface area contributed by atoms with Gasteiger partial charge in [-0.2, -0.15) is 11.8 Å². The standard InChI is InChI=1S/C14H22N2O4S2/c1-4-6-21-8-11(15)13(18)20-14(19)12(16-10(3)17)9-22-7-5-2/h4-6,11-12H,2,7-9,15H2,1,3H3,(H,16,17)/t11-,12-/m0/s1. The third kappa shape index (κ3) is 9.64. The van der Waals surface area contributed by atoms with E-state index in [1.54, 1.807) is 11.5 Å². The van der Waals surface area contributed by atoms with Crippen LogP contribution in [-0.2, 0) is 19.1 Å². The van der Waals surface area contributed by atoms with Gasteiger partial charge in [-0.1, -0.05) is 12.2 Å². The van der Waals surface area contributed by atoms with E-state index in [0.29, 0.717) is 17.3 Å². The summed E-state index contributed by atoms with van der Waals surface area (Å²) in [7, 11) is 0. The van der Waals surface area contributed by atoms with E-state index < -0.39 is 24.0 Å². The molecule has 0 fully saturated rings. The smallest absolute Gasteiger partial charge is 0.337 e. The van der Waals surface area contributed by atoms with E-state index in [-0.39, 0.29) is 5.91 Å². The number of nitrogens with two attached hydrogens (primary N) is 1. The predicted molar refractivity (Wildman–Crippen MR) is 91.5 cm³/mol. The van der Waals surface area contributed by atoms with Crippen molar-refractivity contribution in [3.05, 3.63) is 24.1 Å².